The molecule has 1 heterocycles. The van der Waals surface area contributed by atoms with E-state index in [1.54, 1.807) is 0 Å². The summed E-state index contributed by atoms with van der Waals surface area (Å²) in [6.07, 6.45) is 0. The van der Waals surface area contributed by atoms with E-state index < -0.39 is 0 Å². The zero-order chi connectivity index (χ0) is 7.56. The van der Waals surface area contributed by atoms with Gasteiger partial charge in [0.05, 0.1) is 0 Å². The van der Waals surface area contributed by atoms with Crippen molar-refractivity contribution in [3.8, 4) is 0 Å². The summed E-state index contributed by atoms with van der Waals surface area (Å²) in [6.45, 7) is 5.60. The van der Waals surface area contributed by atoms with E-state index in [1.165, 1.54) is 0 Å². The smallest absolute Gasteiger partial charge is 0.0285 e. The summed E-state index contributed by atoms with van der Waals surface area (Å²) in [6, 6.07) is 0.635. The van der Waals surface area contributed by atoms with Crippen LogP contribution in [0.15, 0.2) is 0 Å². The summed E-state index contributed by atoms with van der Waals surface area (Å²) in [5.41, 5.74) is 0. The van der Waals surface area contributed by atoms with E-state index in [-0.39, 0.29) is 0 Å². The summed E-state index contributed by atoms with van der Waals surface area (Å²) in [5, 5.41) is 7.91. The van der Waals surface area contributed by atoms with Gasteiger partial charge in [-0.15, -0.1) is 0 Å². The van der Waals surface area contributed by atoms with Crippen LogP contribution in [0.2, 0.25) is 0 Å². The third-order valence-corrected chi connectivity index (χ3v) is 1.91. The standard InChI is InChI=1S/C7H17N3/c1-7-6-10(9(2)3)5-4-8-7/h7-8H,4-6H2,1-3H3. The van der Waals surface area contributed by atoms with Gasteiger partial charge in [-0.05, 0) is 6.92 Å². The van der Waals surface area contributed by atoms with E-state index >= 15 is 0 Å². The van der Waals surface area contributed by atoms with Crippen LogP contribution in [-0.4, -0.2) is 49.8 Å². The minimum absolute atomic E-state index is 0.635. The summed E-state index contributed by atoms with van der Waals surface area (Å²) in [7, 11) is 4.19. The summed E-state index contributed by atoms with van der Waals surface area (Å²) in [5.74, 6) is 0. The summed E-state index contributed by atoms with van der Waals surface area (Å²) >= 11 is 0. The van der Waals surface area contributed by atoms with Crippen molar-refractivity contribution in [2.24, 2.45) is 0 Å². The van der Waals surface area contributed by atoms with Gasteiger partial charge in [0.2, 0.25) is 0 Å². The van der Waals surface area contributed by atoms with Crippen LogP contribution in [0.5, 0.6) is 0 Å². The van der Waals surface area contributed by atoms with E-state index in [2.05, 4.69) is 36.4 Å². The largest absolute Gasteiger partial charge is 0.312 e. The fraction of sp³-hybridized carbons (Fsp3) is 1.00. The van der Waals surface area contributed by atoms with Crippen molar-refractivity contribution in [3.63, 3.8) is 0 Å². The third kappa shape index (κ3) is 1.94. The van der Waals surface area contributed by atoms with Crippen LogP contribution in [0.1, 0.15) is 6.92 Å². The second-order valence-corrected chi connectivity index (χ2v) is 3.12. The number of hydrogen-bond donors (Lipinski definition) is 1. The van der Waals surface area contributed by atoms with Crippen molar-refractivity contribution in [1.82, 2.24) is 15.3 Å². The Morgan fingerprint density at radius 1 is 1.50 bits per heavy atom. The first-order valence-corrected chi connectivity index (χ1v) is 3.85. The second-order valence-electron chi connectivity index (χ2n) is 3.12. The molecule has 3 nitrogen and oxygen atoms in total. The Hall–Kier alpha value is -0.120. The quantitative estimate of drug-likeness (QED) is 0.546. The predicted octanol–water partition coefficient (Wildman–Crippen LogP) is -0.243. The number of rotatable bonds is 1. The molecule has 1 unspecified atom stereocenters. The molecule has 0 spiro atoms. The van der Waals surface area contributed by atoms with E-state index in [0.29, 0.717) is 6.04 Å². The SMILES string of the molecule is CC1CN(N(C)C)CCN1. The molecule has 1 saturated heterocycles. The molecule has 1 N–H and O–H groups in total. The van der Waals surface area contributed by atoms with Crippen LogP contribution in [0.4, 0.5) is 0 Å². The van der Waals surface area contributed by atoms with Crippen LogP contribution in [0.3, 0.4) is 0 Å². The Balaban J connectivity index is 2.32. The molecule has 0 bridgehead atoms. The molecule has 0 amide bonds. The van der Waals surface area contributed by atoms with Gasteiger partial charge in [0, 0.05) is 39.8 Å². The number of nitrogens with zero attached hydrogens (tertiary/aromatic N) is 2. The first kappa shape index (κ1) is 7.98. The van der Waals surface area contributed by atoms with Gasteiger partial charge < -0.3 is 5.32 Å². The normalized spacial score (nSPS) is 29.4. The van der Waals surface area contributed by atoms with Gasteiger partial charge in [0.1, 0.15) is 0 Å². The maximum Gasteiger partial charge on any atom is 0.0285 e. The lowest BCUT2D eigenvalue weighted by molar-refractivity contribution is 0.00133. The van der Waals surface area contributed by atoms with Crippen LogP contribution in [-0.2, 0) is 0 Å². The van der Waals surface area contributed by atoms with Crippen LogP contribution >= 0.6 is 0 Å². The lowest BCUT2D eigenvalue weighted by Gasteiger charge is -2.35. The molecule has 1 atom stereocenters. The third-order valence-electron chi connectivity index (χ3n) is 1.91. The Kier molecular flexibility index (Phi) is 2.65. The highest BCUT2D eigenvalue weighted by molar-refractivity contribution is 4.71. The van der Waals surface area contributed by atoms with Gasteiger partial charge in [-0.25, -0.2) is 10.0 Å². The Labute approximate surface area is 63.0 Å². The van der Waals surface area contributed by atoms with Crippen molar-refractivity contribution >= 4 is 0 Å². The van der Waals surface area contributed by atoms with Crippen LogP contribution < -0.4 is 5.32 Å². The monoisotopic (exact) mass is 143 g/mol. The molecule has 0 radical (unpaired) electrons. The molecule has 0 aromatic heterocycles. The Bertz CT molecular complexity index is 103. The highest BCUT2D eigenvalue weighted by Gasteiger charge is 2.15. The van der Waals surface area contributed by atoms with Crippen LogP contribution in [0, 0.1) is 0 Å². The molecule has 3 heteroatoms. The van der Waals surface area contributed by atoms with E-state index in [1.807, 2.05) is 0 Å². The van der Waals surface area contributed by atoms with Gasteiger partial charge in [0.15, 0.2) is 0 Å². The maximum absolute atomic E-state index is 3.40. The molecule has 0 aromatic rings. The lowest BCUT2D eigenvalue weighted by Crippen LogP contribution is -2.53. The number of hydrazine groups is 1. The fourth-order valence-electron chi connectivity index (χ4n) is 1.28. The second kappa shape index (κ2) is 3.32. The highest BCUT2D eigenvalue weighted by atomic mass is 15.6. The van der Waals surface area contributed by atoms with Crippen molar-refractivity contribution in [2.75, 3.05) is 33.7 Å². The van der Waals surface area contributed by atoms with Gasteiger partial charge >= 0.3 is 0 Å². The molecule has 60 valence electrons. The molecule has 1 aliphatic rings. The first-order valence-electron chi connectivity index (χ1n) is 3.85. The van der Waals surface area contributed by atoms with Gasteiger partial charge in [-0.1, -0.05) is 0 Å². The number of piperazine rings is 1. The fourth-order valence-corrected chi connectivity index (χ4v) is 1.28. The highest BCUT2D eigenvalue weighted by Crippen LogP contribution is 1.98. The van der Waals surface area contributed by atoms with Gasteiger partial charge in [-0.2, -0.15) is 0 Å². The van der Waals surface area contributed by atoms with Crippen molar-refractivity contribution in [2.45, 2.75) is 13.0 Å². The zero-order valence-electron chi connectivity index (χ0n) is 7.09. The molecule has 0 aliphatic carbocycles. The molecule has 1 aliphatic heterocycles. The van der Waals surface area contributed by atoms with Crippen LogP contribution in [0.25, 0.3) is 0 Å². The molecule has 1 rings (SSSR count). The van der Waals surface area contributed by atoms with Crippen molar-refractivity contribution < 1.29 is 0 Å². The van der Waals surface area contributed by atoms with E-state index in [4.69, 9.17) is 0 Å². The molecular weight excluding hydrogens is 126 g/mol. The average Bonchev–Trinajstić information content (AvgIpc) is 1.88. The van der Waals surface area contributed by atoms with Gasteiger partial charge in [-0.3, -0.25) is 0 Å². The zero-order valence-corrected chi connectivity index (χ0v) is 7.09. The minimum Gasteiger partial charge on any atom is -0.312 e. The minimum atomic E-state index is 0.635. The number of hydrogen-bond acceptors (Lipinski definition) is 3. The Morgan fingerprint density at radius 3 is 2.60 bits per heavy atom. The van der Waals surface area contributed by atoms with E-state index in [0.717, 1.165) is 19.6 Å². The van der Waals surface area contributed by atoms with E-state index in [9.17, 15) is 0 Å². The molecule has 0 saturated carbocycles. The summed E-state index contributed by atoms with van der Waals surface area (Å²) < 4.78 is 0. The molecular formula is C7H17N3. The lowest BCUT2D eigenvalue weighted by atomic mass is 10.3. The first-order chi connectivity index (χ1) is 4.70. The van der Waals surface area contributed by atoms with Crippen molar-refractivity contribution in [3.05, 3.63) is 0 Å². The van der Waals surface area contributed by atoms with Crippen molar-refractivity contribution in [1.29, 1.82) is 0 Å². The Morgan fingerprint density at radius 2 is 2.20 bits per heavy atom. The maximum atomic E-state index is 3.40. The molecule has 10 heavy (non-hydrogen) atoms. The summed E-state index contributed by atoms with van der Waals surface area (Å²) in [4.78, 5) is 0. The molecule has 1 fully saturated rings. The predicted molar refractivity (Wildman–Crippen MR) is 42.7 cm³/mol. The average molecular weight is 143 g/mol. The topological polar surface area (TPSA) is 18.5 Å². The van der Waals surface area contributed by atoms with Gasteiger partial charge in [0.25, 0.3) is 0 Å². The molecule has 0 aromatic carbocycles. The number of nitrogens with one attached hydrogen (secondary N) is 1.